The second-order valence-electron chi connectivity index (χ2n) is 6.62. The number of hydrogen-bond acceptors (Lipinski definition) is 10. The molecule has 2 aromatic rings. The Hall–Kier alpha value is -2.05. The summed E-state index contributed by atoms with van der Waals surface area (Å²) < 4.78 is 7.34. The number of nitrogen functional groups attached to an aromatic ring is 2. The molecule has 0 amide bonds. The van der Waals surface area contributed by atoms with Crippen LogP contribution in [0.1, 0.15) is 25.5 Å². The van der Waals surface area contributed by atoms with Crippen LogP contribution in [-0.2, 0) is 9.57 Å². The summed E-state index contributed by atoms with van der Waals surface area (Å²) in [4.78, 5) is 17.9. The van der Waals surface area contributed by atoms with Crippen molar-refractivity contribution < 1.29 is 19.8 Å². The monoisotopic (exact) mass is 365 g/mol. The van der Waals surface area contributed by atoms with Gasteiger partial charge in [-0.15, -0.1) is 0 Å². The third-order valence-corrected chi connectivity index (χ3v) is 4.81. The second kappa shape index (κ2) is 6.93. The van der Waals surface area contributed by atoms with E-state index in [1.54, 1.807) is 0 Å². The smallest absolute Gasteiger partial charge is 0.224 e. The number of fused-ring (bicyclic) bond motifs is 1. The van der Waals surface area contributed by atoms with Crippen molar-refractivity contribution in [2.45, 2.75) is 43.8 Å². The van der Waals surface area contributed by atoms with Crippen molar-refractivity contribution in [1.29, 1.82) is 0 Å². The number of aromatic nitrogens is 4. The van der Waals surface area contributed by atoms with Gasteiger partial charge in [-0.05, 0) is 12.8 Å². The lowest BCUT2D eigenvalue weighted by atomic mass is 10.1. The molecule has 26 heavy (non-hydrogen) atoms. The average molecular weight is 365 g/mol. The third-order valence-electron chi connectivity index (χ3n) is 4.81. The quantitative estimate of drug-likeness (QED) is 0.531. The first-order chi connectivity index (χ1) is 12.5. The van der Waals surface area contributed by atoms with Gasteiger partial charge in [0, 0.05) is 13.1 Å². The Morgan fingerprint density at radius 2 is 1.92 bits per heavy atom. The summed E-state index contributed by atoms with van der Waals surface area (Å²) in [7, 11) is 0. The van der Waals surface area contributed by atoms with Crippen molar-refractivity contribution in [3.8, 4) is 0 Å². The van der Waals surface area contributed by atoms with Gasteiger partial charge in [0.25, 0.3) is 0 Å². The fourth-order valence-electron chi connectivity index (χ4n) is 3.41. The first-order valence-corrected chi connectivity index (χ1v) is 8.69. The van der Waals surface area contributed by atoms with Crippen LogP contribution in [0.2, 0.25) is 0 Å². The number of piperidine rings is 1. The maximum Gasteiger partial charge on any atom is 0.224 e. The molecule has 4 rings (SSSR count). The number of aliphatic hydroxyl groups is 2. The van der Waals surface area contributed by atoms with Crippen molar-refractivity contribution in [3.63, 3.8) is 0 Å². The van der Waals surface area contributed by atoms with Gasteiger partial charge < -0.3 is 26.4 Å². The van der Waals surface area contributed by atoms with Gasteiger partial charge in [0.05, 0.1) is 12.9 Å². The van der Waals surface area contributed by atoms with E-state index >= 15 is 0 Å². The molecule has 11 nitrogen and oxygen atoms in total. The molecule has 4 atom stereocenters. The minimum atomic E-state index is -1.17. The molecule has 0 unspecified atom stereocenters. The molecule has 2 aliphatic heterocycles. The standard InChI is InChI=1S/C15H23N7O4/c16-12-9-13(20-15(17)19-12)22(7-18-9)14-11(24)10(23)8(26-14)6-25-21-4-2-1-3-5-21/h7-8,10-11,14,23-24H,1-6H2,(H4,16,17,19,20)/t8-,10-,11-,14-/m1/s1. The fraction of sp³-hybridized carbons (Fsp3) is 0.667. The van der Waals surface area contributed by atoms with Crippen molar-refractivity contribution >= 4 is 22.9 Å². The van der Waals surface area contributed by atoms with Crippen LogP contribution < -0.4 is 11.5 Å². The molecule has 0 aromatic carbocycles. The molecule has 0 radical (unpaired) electrons. The number of nitrogens with two attached hydrogens (primary N) is 2. The zero-order valence-corrected chi connectivity index (χ0v) is 14.2. The highest BCUT2D eigenvalue weighted by Crippen LogP contribution is 2.32. The topological polar surface area (TPSA) is 158 Å². The normalized spacial score (nSPS) is 30.2. The van der Waals surface area contributed by atoms with Crippen LogP contribution in [0.5, 0.6) is 0 Å². The number of hydroxylamine groups is 2. The summed E-state index contributed by atoms with van der Waals surface area (Å²) in [5.74, 6) is 0.138. The van der Waals surface area contributed by atoms with E-state index in [4.69, 9.17) is 21.0 Å². The van der Waals surface area contributed by atoms with Crippen molar-refractivity contribution in [2.24, 2.45) is 0 Å². The highest BCUT2D eigenvalue weighted by atomic mass is 16.7. The number of aliphatic hydroxyl groups excluding tert-OH is 2. The lowest BCUT2D eigenvalue weighted by molar-refractivity contribution is -0.199. The summed E-state index contributed by atoms with van der Waals surface area (Å²) in [6.45, 7) is 1.87. The molecule has 0 saturated carbocycles. The number of anilines is 2. The van der Waals surface area contributed by atoms with E-state index in [0.717, 1.165) is 25.9 Å². The highest BCUT2D eigenvalue weighted by Gasteiger charge is 2.44. The summed E-state index contributed by atoms with van der Waals surface area (Å²) in [6.07, 6.45) is 0.989. The molecular weight excluding hydrogens is 342 g/mol. The molecule has 11 heteroatoms. The molecule has 2 saturated heterocycles. The molecule has 0 aliphatic carbocycles. The van der Waals surface area contributed by atoms with Gasteiger partial charge in [0.2, 0.25) is 5.95 Å². The van der Waals surface area contributed by atoms with Crippen molar-refractivity contribution in [2.75, 3.05) is 31.2 Å². The summed E-state index contributed by atoms with van der Waals surface area (Å²) in [5.41, 5.74) is 12.1. The van der Waals surface area contributed by atoms with E-state index < -0.39 is 24.5 Å². The van der Waals surface area contributed by atoms with Gasteiger partial charge in [0.15, 0.2) is 17.7 Å². The largest absolute Gasteiger partial charge is 0.387 e. The number of nitrogens with zero attached hydrogens (tertiary/aromatic N) is 5. The maximum atomic E-state index is 10.4. The minimum absolute atomic E-state index is 0.00485. The van der Waals surface area contributed by atoms with Crippen molar-refractivity contribution in [3.05, 3.63) is 6.33 Å². The average Bonchev–Trinajstić information content (AvgIpc) is 3.16. The minimum Gasteiger partial charge on any atom is -0.387 e. The number of rotatable bonds is 4. The van der Waals surface area contributed by atoms with E-state index in [1.807, 2.05) is 5.06 Å². The molecule has 2 aromatic heterocycles. The fourth-order valence-corrected chi connectivity index (χ4v) is 3.41. The molecule has 4 heterocycles. The Bertz CT molecular complexity index is 779. The SMILES string of the molecule is Nc1nc(N)c2ncn([C@@H]3O[C@H](CON4CCCCC4)[C@@H](O)[C@H]3O)c2n1. The van der Waals surface area contributed by atoms with Crippen LogP contribution in [0, 0.1) is 0 Å². The Morgan fingerprint density at radius 1 is 1.15 bits per heavy atom. The third kappa shape index (κ3) is 3.08. The summed E-state index contributed by atoms with van der Waals surface area (Å²) >= 11 is 0. The Balaban J connectivity index is 1.51. The van der Waals surface area contributed by atoms with E-state index in [9.17, 15) is 10.2 Å². The lowest BCUT2D eigenvalue weighted by Gasteiger charge is -2.27. The van der Waals surface area contributed by atoms with Crippen LogP contribution in [0.3, 0.4) is 0 Å². The first-order valence-electron chi connectivity index (χ1n) is 8.69. The number of ether oxygens (including phenoxy) is 1. The van der Waals surface area contributed by atoms with E-state index in [0.29, 0.717) is 11.2 Å². The van der Waals surface area contributed by atoms with Crippen LogP contribution >= 0.6 is 0 Å². The van der Waals surface area contributed by atoms with Crippen LogP contribution in [0.4, 0.5) is 11.8 Å². The molecule has 2 fully saturated rings. The van der Waals surface area contributed by atoms with Gasteiger partial charge in [-0.1, -0.05) is 6.42 Å². The molecule has 142 valence electrons. The number of imidazole rings is 1. The van der Waals surface area contributed by atoms with Gasteiger partial charge in [-0.25, -0.2) is 4.98 Å². The Morgan fingerprint density at radius 3 is 2.69 bits per heavy atom. The lowest BCUT2D eigenvalue weighted by Crippen LogP contribution is -2.38. The zero-order chi connectivity index (χ0) is 18.3. The second-order valence-corrected chi connectivity index (χ2v) is 6.62. The van der Waals surface area contributed by atoms with Crippen molar-refractivity contribution in [1.82, 2.24) is 24.6 Å². The molecule has 2 aliphatic rings. The zero-order valence-electron chi connectivity index (χ0n) is 14.2. The molecular formula is C15H23N7O4. The maximum absolute atomic E-state index is 10.4. The molecule has 0 spiro atoms. The van der Waals surface area contributed by atoms with Crippen LogP contribution in [0.25, 0.3) is 11.2 Å². The first kappa shape index (κ1) is 17.4. The number of hydrogen-bond donors (Lipinski definition) is 4. The summed E-state index contributed by atoms with van der Waals surface area (Å²) in [5, 5.41) is 22.7. The predicted molar refractivity (Wildman–Crippen MR) is 91.4 cm³/mol. The van der Waals surface area contributed by atoms with Gasteiger partial charge in [0.1, 0.15) is 23.8 Å². The van der Waals surface area contributed by atoms with Crippen LogP contribution in [-0.4, -0.2) is 72.8 Å². The van der Waals surface area contributed by atoms with E-state index in [2.05, 4.69) is 15.0 Å². The Labute approximate surface area is 149 Å². The predicted octanol–water partition coefficient (Wildman–Crippen LogP) is -0.973. The van der Waals surface area contributed by atoms with Gasteiger partial charge in [-0.3, -0.25) is 9.40 Å². The molecule has 0 bridgehead atoms. The van der Waals surface area contributed by atoms with E-state index in [1.165, 1.54) is 17.3 Å². The van der Waals surface area contributed by atoms with Gasteiger partial charge in [-0.2, -0.15) is 15.0 Å². The van der Waals surface area contributed by atoms with Gasteiger partial charge >= 0.3 is 0 Å². The summed E-state index contributed by atoms with van der Waals surface area (Å²) in [6, 6.07) is 0. The van der Waals surface area contributed by atoms with Crippen LogP contribution in [0.15, 0.2) is 6.33 Å². The van der Waals surface area contributed by atoms with E-state index in [-0.39, 0.29) is 18.4 Å². The molecule has 6 N–H and O–H groups in total. The Kier molecular flexibility index (Phi) is 4.63. The highest BCUT2D eigenvalue weighted by molar-refractivity contribution is 5.82.